The molecule has 112 valence electrons. The largest absolute Gasteiger partial charge is 0.416 e. The lowest BCUT2D eigenvalue weighted by Crippen LogP contribution is -2.49. The van der Waals surface area contributed by atoms with Gasteiger partial charge in [0, 0.05) is 26.2 Å². The van der Waals surface area contributed by atoms with Crippen LogP contribution in [0.25, 0.3) is 0 Å². The lowest BCUT2D eigenvalue weighted by molar-refractivity contribution is -0.221. The Bertz CT molecular complexity index is 455. The maximum absolute atomic E-state index is 12.7. The van der Waals surface area contributed by atoms with Crippen LogP contribution >= 0.6 is 0 Å². The van der Waals surface area contributed by atoms with E-state index in [4.69, 9.17) is 4.74 Å². The summed E-state index contributed by atoms with van der Waals surface area (Å²) in [7, 11) is 1.87. The third-order valence-corrected chi connectivity index (χ3v) is 3.26. The molecule has 2 rings (SSSR count). The molecule has 8 heteroatoms. The highest BCUT2D eigenvalue weighted by Crippen LogP contribution is 2.28. The fourth-order valence-electron chi connectivity index (χ4n) is 1.94. The summed E-state index contributed by atoms with van der Waals surface area (Å²) in [6.45, 7) is 2.91. The zero-order valence-corrected chi connectivity index (χ0v) is 11.4. The number of hydrogen-bond donors (Lipinski definition) is 0. The van der Waals surface area contributed by atoms with Crippen molar-refractivity contribution in [1.29, 1.82) is 0 Å². The minimum atomic E-state index is -4.35. The molecule has 1 aromatic heterocycles. The molecule has 0 radical (unpaired) electrons. The van der Waals surface area contributed by atoms with Gasteiger partial charge in [0.1, 0.15) is 18.0 Å². The van der Waals surface area contributed by atoms with Gasteiger partial charge in [0.2, 0.25) is 0 Å². The van der Waals surface area contributed by atoms with Crippen LogP contribution < -0.4 is 9.80 Å². The normalized spacial score (nSPS) is 20.1. The van der Waals surface area contributed by atoms with E-state index in [1.54, 1.807) is 11.0 Å². The molecule has 0 amide bonds. The number of alkyl halides is 3. The molecule has 0 saturated carbocycles. The maximum Gasteiger partial charge on any atom is 0.416 e. The second-order valence-electron chi connectivity index (χ2n) is 4.60. The van der Waals surface area contributed by atoms with E-state index in [-0.39, 0.29) is 13.2 Å². The molecule has 0 unspecified atom stereocenters. The van der Waals surface area contributed by atoms with Crippen molar-refractivity contribution in [3.63, 3.8) is 0 Å². The highest BCUT2D eigenvalue weighted by molar-refractivity contribution is 5.50. The minimum Gasteiger partial charge on any atom is -0.365 e. The van der Waals surface area contributed by atoms with Crippen molar-refractivity contribution in [2.45, 2.75) is 19.2 Å². The van der Waals surface area contributed by atoms with Gasteiger partial charge < -0.3 is 14.5 Å². The van der Waals surface area contributed by atoms with Gasteiger partial charge in [-0.25, -0.2) is 9.97 Å². The topological polar surface area (TPSA) is 41.5 Å². The molecule has 0 aromatic carbocycles. The van der Waals surface area contributed by atoms with Crippen LogP contribution in [0, 0.1) is 0 Å². The molecule has 0 spiro atoms. The first-order valence-corrected chi connectivity index (χ1v) is 6.38. The summed E-state index contributed by atoms with van der Waals surface area (Å²) in [4.78, 5) is 11.6. The van der Waals surface area contributed by atoms with Crippen LogP contribution in [0.5, 0.6) is 0 Å². The van der Waals surface area contributed by atoms with E-state index in [1.165, 1.54) is 6.33 Å². The number of ether oxygens (including phenoxy) is 1. The molecule has 2 heterocycles. The second kappa shape index (κ2) is 5.82. The van der Waals surface area contributed by atoms with Gasteiger partial charge in [-0.1, -0.05) is 0 Å². The van der Waals surface area contributed by atoms with Crippen LogP contribution in [0.2, 0.25) is 0 Å². The minimum absolute atomic E-state index is 0.0349. The first-order chi connectivity index (χ1) is 9.41. The van der Waals surface area contributed by atoms with Crippen LogP contribution in [-0.2, 0) is 4.74 Å². The predicted octanol–water partition coefficient (Wildman–Crippen LogP) is 1.70. The number of rotatable bonds is 3. The van der Waals surface area contributed by atoms with Crippen LogP contribution in [-0.4, -0.2) is 55.5 Å². The van der Waals surface area contributed by atoms with Crippen LogP contribution in [0.3, 0.4) is 0 Å². The SMILES string of the molecule is CCN(C)c1cc(N2CCO[C@@H](C(F)(F)F)C2)ncn1. The maximum atomic E-state index is 12.7. The smallest absolute Gasteiger partial charge is 0.365 e. The molecule has 1 aromatic rings. The van der Waals surface area contributed by atoms with Crippen molar-refractivity contribution in [1.82, 2.24) is 9.97 Å². The van der Waals surface area contributed by atoms with Crippen molar-refractivity contribution in [2.75, 3.05) is 43.1 Å². The van der Waals surface area contributed by atoms with Crippen molar-refractivity contribution in [2.24, 2.45) is 0 Å². The van der Waals surface area contributed by atoms with E-state index < -0.39 is 12.3 Å². The lowest BCUT2D eigenvalue weighted by atomic mass is 10.2. The molecule has 1 fully saturated rings. The molecular formula is C12H17F3N4O. The molecule has 5 nitrogen and oxygen atoms in total. The number of morpholine rings is 1. The number of nitrogens with zero attached hydrogens (tertiary/aromatic N) is 4. The van der Waals surface area contributed by atoms with E-state index in [0.29, 0.717) is 18.2 Å². The van der Waals surface area contributed by atoms with Gasteiger partial charge in [0.15, 0.2) is 6.10 Å². The molecule has 0 N–H and O–H groups in total. The van der Waals surface area contributed by atoms with Gasteiger partial charge in [-0.05, 0) is 6.92 Å². The fraction of sp³-hybridized carbons (Fsp3) is 0.667. The molecule has 20 heavy (non-hydrogen) atoms. The van der Waals surface area contributed by atoms with Crippen molar-refractivity contribution >= 4 is 11.6 Å². The summed E-state index contributed by atoms with van der Waals surface area (Å²) >= 11 is 0. The molecular weight excluding hydrogens is 273 g/mol. The third-order valence-electron chi connectivity index (χ3n) is 3.26. The van der Waals surface area contributed by atoms with Crippen LogP contribution in [0.15, 0.2) is 12.4 Å². The standard InChI is InChI=1S/C12H17F3N4O/c1-3-18(2)10-6-11(17-8-16-10)19-4-5-20-9(7-19)12(13,14)15/h6,8-9H,3-5,7H2,1-2H3/t9-/m1/s1. The molecule has 1 atom stereocenters. The molecule has 0 aliphatic carbocycles. The Balaban J connectivity index is 2.15. The monoisotopic (exact) mass is 290 g/mol. The van der Waals surface area contributed by atoms with Crippen molar-refractivity contribution in [3.05, 3.63) is 12.4 Å². The summed E-state index contributed by atoms with van der Waals surface area (Å²) < 4.78 is 42.9. The fourth-order valence-corrected chi connectivity index (χ4v) is 1.94. The Kier molecular flexibility index (Phi) is 4.32. The summed E-state index contributed by atoms with van der Waals surface area (Å²) in [5, 5.41) is 0. The zero-order chi connectivity index (χ0) is 14.8. The van der Waals surface area contributed by atoms with E-state index in [2.05, 4.69) is 9.97 Å². The number of aromatic nitrogens is 2. The molecule has 0 bridgehead atoms. The van der Waals surface area contributed by atoms with Gasteiger partial charge in [-0.15, -0.1) is 0 Å². The first-order valence-electron chi connectivity index (χ1n) is 6.38. The van der Waals surface area contributed by atoms with E-state index >= 15 is 0 Å². The van der Waals surface area contributed by atoms with Gasteiger partial charge in [0.25, 0.3) is 0 Å². The predicted molar refractivity (Wildman–Crippen MR) is 69.0 cm³/mol. The summed E-state index contributed by atoms with van der Waals surface area (Å²) in [6, 6.07) is 1.70. The first kappa shape index (κ1) is 14.8. The number of halogens is 3. The Morgan fingerprint density at radius 2 is 2.20 bits per heavy atom. The summed E-state index contributed by atoms with van der Waals surface area (Å²) in [5.74, 6) is 1.18. The Labute approximate surface area is 115 Å². The number of anilines is 2. The zero-order valence-electron chi connectivity index (χ0n) is 11.4. The van der Waals surface area contributed by atoms with Gasteiger partial charge >= 0.3 is 6.18 Å². The van der Waals surface area contributed by atoms with E-state index in [9.17, 15) is 13.2 Å². The molecule has 1 saturated heterocycles. The summed E-state index contributed by atoms with van der Waals surface area (Å²) in [6.07, 6.45) is -4.75. The summed E-state index contributed by atoms with van der Waals surface area (Å²) in [5.41, 5.74) is 0. The number of hydrogen-bond acceptors (Lipinski definition) is 5. The highest BCUT2D eigenvalue weighted by atomic mass is 19.4. The molecule has 1 aliphatic rings. The average molecular weight is 290 g/mol. The van der Waals surface area contributed by atoms with Crippen molar-refractivity contribution in [3.8, 4) is 0 Å². The molecule has 1 aliphatic heterocycles. The van der Waals surface area contributed by atoms with Gasteiger partial charge in [-0.3, -0.25) is 0 Å². The Hall–Kier alpha value is -1.57. The quantitative estimate of drug-likeness (QED) is 0.847. The van der Waals surface area contributed by atoms with E-state index in [1.807, 2.05) is 18.9 Å². The highest BCUT2D eigenvalue weighted by Gasteiger charge is 2.43. The second-order valence-corrected chi connectivity index (χ2v) is 4.60. The van der Waals surface area contributed by atoms with Gasteiger partial charge in [0.05, 0.1) is 13.2 Å². The Morgan fingerprint density at radius 1 is 1.45 bits per heavy atom. The third kappa shape index (κ3) is 3.30. The van der Waals surface area contributed by atoms with Gasteiger partial charge in [-0.2, -0.15) is 13.2 Å². The van der Waals surface area contributed by atoms with Crippen molar-refractivity contribution < 1.29 is 17.9 Å². The average Bonchev–Trinajstić information content (AvgIpc) is 2.46. The van der Waals surface area contributed by atoms with Crippen LogP contribution in [0.4, 0.5) is 24.8 Å². The Morgan fingerprint density at radius 3 is 2.85 bits per heavy atom. The van der Waals surface area contributed by atoms with Crippen LogP contribution in [0.1, 0.15) is 6.92 Å². The lowest BCUT2D eigenvalue weighted by Gasteiger charge is -2.34. The van der Waals surface area contributed by atoms with E-state index in [0.717, 1.165) is 6.54 Å².